The van der Waals surface area contributed by atoms with Crippen molar-refractivity contribution in [3.63, 3.8) is 0 Å². The molecule has 2 aliphatic rings. The fourth-order valence-electron chi connectivity index (χ4n) is 2.94. The molecule has 2 atom stereocenters. The molecule has 1 fully saturated rings. The second-order valence-electron chi connectivity index (χ2n) is 5.04. The Morgan fingerprint density at radius 1 is 1.72 bits per heavy atom. The quantitative estimate of drug-likeness (QED) is 0.733. The van der Waals surface area contributed by atoms with Gasteiger partial charge in [0.1, 0.15) is 16.5 Å². The third-order valence-corrected chi connectivity index (χ3v) is 3.86. The van der Waals surface area contributed by atoms with Crippen molar-refractivity contribution >= 4 is 17.7 Å². The lowest BCUT2D eigenvalue weighted by Crippen LogP contribution is -2.39. The third kappa shape index (κ3) is 1.70. The van der Waals surface area contributed by atoms with Crippen LogP contribution in [0.1, 0.15) is 18.9 Å². The van der Waals surface area contributed by atoms with E-state index in [-0.39, 0.29) is 6.04 Å². The lowest BCUT2D eigenvalue weighted by molar-refractivity contribution is 0.0960. The molecular weight excluding hydrogens is 256 g/mol. The summed E-state index contributed by atoms with van der Waals surface area (Å²) in [5, 5.41) is 9.57. The van der Waals surface area contributed by atoms with Gasteiger partial charge in [-0.25, -0.2) is 9.78 Å². The Balaban J connectivity index is 1.87. The van der Waals surface area contributed by atoms with Gasteiger partial charge in [0.25, 0.3) is 0 Å². The molecule has 18 heavy (non-hydrogen) atoms. The summed E-state index contributed by atoms with van der Waals surface area (Å²) in [5.74, 6) is 0.721. The highest BCUT2D eigenvalue weighted by Gasteiger charge is 2.49. The number of hydrogen-bond donors (Lipinski definition) is 1. The summed E-state index contributed by atoms with van der Waals surface area (Å²) in [7, 11) is 0. The molecule has 6 heteroatoms. The Kier molecular flexibility index (Phi) is 2.41. The Labute approximate surface area is 109 Å². The number of ether oxygens (including phenoxy) is 1. The lowest BCUT2D eigenvalue weighted by Gasteiger charge is -2.22. The number of pyridine rings is 1. The predicted octanol–water partition coefficient (Wildman–Crippen LogP) is 2.18. The number of fused-ring (bicyclic) bond motifs is 1. The zero-order valence-electron chi connectivity index (χ0n) is 9.89. The van der Waals surface area contributed by atoms with Gasteiger partial charge in [-0.3, -0.25) is 0 Å². The molecule has 0 unspecified atom stereocenters. The van der Waals surface area contributed by atoms with Crippen molar-refractivity contribution in [3.05, 3.63) is 23.0 Å². The molecule has 3 rings (SSSR count). The Morgan fingerprint density at radius 3 is 3.17 bits per heavy atom. The van der Waals surface area contributed by atoms with Crippen LogP contribution in [0.15, 0.2) is 12.3 Å². The molecule has 0 bridgehead atoms. The minimum atomic E-state index is -0.893. The van der Waals surface area contributed by atoms with Gasteiger partial charge in [0.2, 0.25) is 0 Å². The molecule has 0 saturated carbocycles. The highest BCUT2D eigenvalue weighted by molar-refractivity contribution is 6.29. The van der Waals surface area contributed by atoms with Crippen LogP contribution in [0.3, 0.4) is 0 Å². The van der Waals surface area contributed by atoms with E-state index in [1.807, 2.05) is 6.92 Å². The molecule has 1 spiro atoms. The molecule has 0 aromatic carbocycles. The van der Waals surface area contributed by atoms with Crippen molar-refractivity contribution in [1.82, 2.24) is 9.88 Å². The van der Waals surface area contributed by atoms with Crippen molar-refractivity contribution in [2.75, 3.05) is 6.54 Å². The zero-order chi connectivity index (χ0) is 12.9. The summed E-state index contributed by atoms with van der Waals surface area (Å²) < 4.78 is 5.94. The minimum Gasteiger partial charge on any atom is -0.483 e. The molecule has 0 aliphatic carbocycles. The molecule has 1 N–H and O–H groups in total. The van der Waals surface area contributed by atoms with Crippen molar-refractivity contribution in [1.29, 1.82) is 0 Å². The maximum atomic E-state index is 11.1. The highest BCUT2D eigenvalue weighted by Crippen LogP contribution is 2.42. The standard InChI is InChI=1S/C12H13ClN2O3/c1-7-3-12(6-15(7)11(16)17)4-8-2-10(13)14-5-9(8)18-12/h2,5,7H,3-4,6H2,1H3,(H,16,17)/t7-,12-/m0/s1. The average molecular weight is 269 g/mol. The van der Waals surface area contributed by atoms with Crippen molar-refractivity contribution in [2.45, 2.75) is 31.4 Å². The second-order valence-corrected chi connectivity index (χ2v) is 5.43. The third-order valence-electron chi connectivity index (χ3n) is 3.66. The molecule has 1 aromatic rings. The summed E-state index contributed by atoms with van der Waals surface area (Å²) in [4.78, 5) is 16.5. The topological polar surface area (TPSA) is 62.7 Å². The first kappa shape index (κ1) is 11.6. The van der Waals surface area contributed by atoms with E-state index in [4.69, 9.17) is 21.4 Å². The summed E-state index contributed by atoms with van der Waals surface area (Å²) in [6, 6.07) is 1.76. The second kappa shape index (κ2) is 3.75. The first-order valence-corrected chi connectivity index (χ1v) is 6.20. The van der Waals surface area contributed by atoms with Gasteiger partial charge in [0.15, 0.2) is 0 Å². The van der Waals surface area contributed by atoms with Crippen LogP contribution in [0, 0.1) is 0 Å². The van der Waals surface area contributed by atoms with Gasteiger partial charge in [0, 0.05) is 24.4 Å². The number of halogens is 1. The van der Waals surface area contributed by atoms with Crippen LogP contribution in [0.2, 0.25) is 5.15 Å². The molecule has 2 aliphatic heterocycles. The summed E-state index contributed by atoms with van der Waals surface area (Å²) >= 11 is 5.86. The normalized spacial score (nSPS) is 29.4. The van der Waals surface area contributed by atoms with Crippen LogP contribution in [0.4, 0.5) is 4.79 Å². The Bertz CT molecular complexity index is 522. The Hall–Kier alpha value is -1.49. The SMILES string of the molecule is C[C@H]1C[C@]2(Cc3cc(Cl)ncc3O2)CN1C(=O)O. The monoisotopic (exact) mass is 268 g/mol. The number of aromatic nitrogens is 1. The fraction of sp³-hybridized carbons (Fsp3) is 0.500. The number of carboxylic acid groups (broad SMARTS) is 1. The van der Waals surface area contributed by atoms with Gasteiger partial charge in [0.05, 0.1) is 12.7 Å². The van der Waals surface area contributed by atoms with Crippen LogP contribution in [0.25, 0.3) is 0 Å². The van der Waals surface area contributed by atoms with E-state index in [0.29, 0.717) is 24.5 Å². The van der Waals surface area contributed by atoms with Gasteiger partial charge in [-0.1, -0.05) is 11.6 Å². The number of hydrogen-bond acceptors (Lipinski definition) is 3. The molecule has 5 nitrogen and oxygen atoms in total. The van der Waals surface area contributed by atoms with Crippen LogP contribution in [-0.4, -0.2) is 39.3 Å². The van der Waals surface area contributed by atoms with E-state index >= 15 is 0 Å². The molecule has 1 saturated heterocycles. The van der Waals surface area contributed by atoms with Crippen LogP contribution in [0.5, 0.6) is 5.75 Å². The Morgan fingerprint density at radius 2 is 2.50 bits per heavy atom. The van der Waals surface area contributed by atoms with Gasteiger partial charge < -0.3 is 14.7 Å². The zero-order valence-corrected chi connectivity index (χ0v) is 10.6. The van der Waals surface area contributed by atoms with Crippen LogP contribution in [-0.2, 0) is 6.42 Å². The number of amides is 1. The molecule has 1 aromatic heterocycles. The summed E-state index contributed by atoms with van der Waals surface area (Å²) in [6.07, 6.45) is 2.11. The van der Waals surface area contributed by atoms with Gasteiger partial charge in [-0.05, 0) is 13.0 Å². The largest absolute Gasteiger partial charge is 0.483 e. The number of likely N-dealkylation sites (tertiary alicyclic amines) is 1. The highest BCUT2D eigenvalue weighted by atomic mass is 35.5. The van der Waals surface area contributed by atoms with E-state index in [1.54, 1.807) is 12.3 Å². The molecule has 0 radical (unpaired) electrons. The van der Waals surface area contributed by atoms with E-state index in [0.717, 1.165) is 11.3 Å². The van der Waals surface area contributed by atoms with E-state index < -0.39 is 11.7 Å². The summed E-state index contributed by atoms with van der Waals surface area (Å²) in [5.41, 5.74) is 0.571. The fourth-order valence-corrected chi connectivity index (χ4v) is 3.12. The van der Waals surface area contributed by atoms with Crippen molar-refractivity contribution in [2.24, 2.45) is 0 Å². The van der Waals surface area contributed by atoms with Crippen molar-refractivity contribution in [3.8, 4) is 5.75 Å². The van der Waals surface area contributed by atoms with E-state index in [9.17, 15) is 4.79 Å². The molecule has 1 amide bonds. The lowest BCUT2D eigenvalue weighted by atomic mass is 9.95. The van der Waals surface area contributed by atoms with Gasteiger partial charge >= 0.3 is 6.09 Å². The van der Waals surface area contributed by atoms with Gasteiger partial charge in [-0.15, -0.1) is 0 Å². The van der Waals surface area contributed by atoms with Gasteiger partial charge in [-0.2, -0.15) is 0 Å². The number of nitrogens with zero attached hydrogens (tertiary/aromatic N) is 2. The molecule has 96 valence electrons. The van der Waals surface area contributed by atoms with Crippen molar-refractivity contribution < 1.29 is 14.6 Å². The predicted molar refractivity (Wildman–Crippen MR) is 65.1 cm³/mol. The van der Waals surface area contributed by atoms with Crippen LogP contribution >= 0.6 is 11.6 Å². The maximum absolute atomic E-state index is 11.1. The van der Waals surface area contributed by atoms with E-state index in [2.05, 4.69) is 4.98 Å². The average Bonchev–Trinajstić information content (AvgIpc) is 2.78. The number of carbonyl (C=O) groups is 1. The summed E-state index contributed by atoms with van der Waals surface area (Å²) in [6.45, 7) is 2.30. The first-order valence-electron chi connectivity index (χ1n) is 5.82. The van der Waals surface area contributed by atoms with E-state index in [1.165, 1.54) is 4.90 Å². The number of rotatable bonds is 0. The maximum Gasteiger partial charge on any atom is 0.407 e. The first-order chi connectivity index (χ1) is 8.49. The molecular formula is C12H13ClN2O3. The molecule has 3 heterocycles. The smallest absolute Gasteiger partial charge is 0.407 e. The minimum absolute atomic E-state index is 0.0276. The van der Waals surface area contributed by atoms with Crippen LogP contribution < -0.4 is 4.74 Å².